The van der Waals surface area contributed by atoms with Crippen molar-refractivity contribution in [2.75, 3.05) is 12.1 Å². The lowest BCUT2D eigenvalue weighted by Crippen LogP contribution is -2.21. The van der Waals surface area contributed by atoms with E-state index < -0.39 is 0 Å². The summed E-state index contributed by atoms with van der Waals surface area (Å²) in [6, 6.07) is 0. The zero-order valence-corrected chi connectivity index (χ0v) is 10.5. The highest BCUT2D eigenvalue weighted by molar-refractivity contribution is 7.16. The summed E-state index contributed by atoms with van der Waals surface area (Å²) in [5.74, 6) is 0.274. The zero-order chi connectivity index (χ0) is 11.9. The van der Waals surface area contributed by atoms with Crippen LogP contribution in [0.2, 0.25) is 0 Å². The molecular formula is C10H14N5OP. The summed E-state index contributed by atoms with van der Waals surface area (Å²) < 4.78 is 7.72. The molecule has 1 aliphatic carbocycles. The monoisotopic (exact) mass is 251 g/mol. The second-order valence-corrected chi connectivity index (χ2v) is 4.64. The standard InChI is InChI=1S/C10H14N5OP/c11-9-12-3-7-8(14-9)15(5-13-7)4-10(1-2-10)16-6-17/h3,5H,1-2,4,6,17H2,(H2,11,12,14). The van der Waals surface area contributed by atoms with Gasteiger partial charge in [0.15, 0.2) is 5.65 Å². The quantitative estimate of drug-likeness (QED) is 0.813. The van der Waals surface area contributed by atoms with Crippen LogP contribution in [0.1, 0.15) is 12.8 Å². The molecule has 0 bridgehead atoms. The molecule has 2 heterocycles. The van der Waals surface area contributed by atoms with Gasteiger partial charge in [-0.3, -0.25) is 0 Å². The van der Waals surface area contributed by atoms with Crippen molar-refractivity contribution < 1.29 is 4.74 Å². The Balaban J connectivity index is 1.93. The molecule has 0 aromatic carbocycles. The zero-order valence-electron chi connectivity index (χ0n) is 9.33. The molecule has 0 spiro atoms. The lowest BCUT2D eigenvalue weighted by atomic mass is 10.3. The molecule has 2 N–H and O–H groups in total. The first-order valence-corrected chi connectivity index (χ1v) is 6.31. The molecule has 6 nitrogen and oxygen atoms in total. The van der Waals surface area contributed by atoms with Crippen LogP contribution in [0.15, 0.2) is 12.5 Å². The minimum atomic E-state index is -0.0326. The molecule has 90 valence electrons. The van der Waals surface area contributed by atoms with E-state index in [0.717, 1.165) is 30.6 Å². The van der Waals surface area contributed by atoms with Gasteiger partial charge in [0.1, 0.15) is 5.52 Å². The third-order valence-corrected chi connectivity index (χ3v) is 3.20. The van der Waals surface area contributed by atoms with E-state index in [1.165, 1.54) is 0 Å². The highest BCUT2D eigenvalue weighted by Gasteiger charge is 2.44. The number of nitrogens with two attached hydrogens (primary N) is 1. The third-order valence-electron chi connectivity index (χ3n) is 3.03. The van der Waals surface area contributed by atoms with Crippen LogP contribution < -0.4 is 5.73 Å². The molecule has 7 heteroatoms. The SMILES string of the molecule is Nc1ncc2ncn(CC3(OCP)CC3)c2n1. The number of imidazole rings is 1. The van der Waals surface area contributed by atoms with Crippen LogP contribution in [0.25, 0.3) is 11.2 Å². The molecule has 17 heavy (non-hydrogen) atoms. The summed E-state index contributed by atoms with van der Waals surface area (Å²) >= 11 is 0. The number of ether oxygens (including phenoxy) is 1. The number of nitrogen functional groups attached to an aromatic ring is 1. The van der Waals surface area contributed by atoms with Gasteiger partial charge in [-0.2, -0.15) is 4.98 Å². The topological polar surface area (TPSA) is 78.8 Å². The minimum Gasteiger partial charge on any atom is -0.369 e. The van der Waals surface area contributed by atoms with Crippen LogP contribution in [0.3, 0.4) is 0 Å². The Kier molecular flexibility index (Phi) is 2.49. The van der Waals surface area contributed by atoms with E-state index in [0.29, 0.717) is 6.35 Å². The maximum absolute atomic E-state index is 5.73. The van der Waals surface area contributed by atoms with Gasteiger partial charge in [0.05, 0.1) is 31.0 Å². The molecular weight excluding hydrogens is 237 g/mol. The first-order valence-electron chi connectivity index (χ1n) is 5.50. The fraction of sp³-hybridized carbons (Fsp3) is 0.500. The molecule has 0 saturated heterocycles. The molecule has 1 atom stereocenters. The maximum atomic E-state index is 5.73. The Bertz CT molecular complexity index is 551. The number of nitrogens with zero attached hydrogens (tertiary/aromatic N) is 4. The van der Waals surface area contributed by atoms with Gasteiger partial charge in [-0.05, 0) is 12.8 Å². The molecule has 2 aromatic rings. The van der Waals surface area contributed by atoms with E-state index in [1.54, 1.807) is 12.5 Å². The Hall–Kier alpha value is -1.26. The Morgan fingerprint density at radius 1 is 1.47 bits per heavy atom. The molecule has 0 aliphatic heterocycles. The van der Waals surface area contributed by atoms with Crippen LogP contribution >= 0.6 is 9.24 Å². The second-order valence-electron chi connectivity index (χ2n) is 4.30. The molecule has 1 saturated carbocycles. The van der Waals surface area contributed by atoms with E-state index in [4.69, 9.17) is 10.5 Å². The van der Waals surface area contributed by atoms with E-state index in [-0.39, 0.29) is 11.5 Å². The highest BCUT2D eigenvalue weighted by Crippen LogP contribution is 2.41. The largest absolute Gasteiger partial charge is 0.369 e. The van der Waals surface area contributed by atoms with Crippen LogP contribution in [-0.2, 0) is 11.3 Å². The molecule has 3 rings (SSSR count). The Labute approximate surface area is 101 Å². The van der Waals surface area contributed by atoms with Crippen LogP contribution in [0.5, 0.6) is 0 Å². The summed E-state index contributed by atoms with van der Waals surface area (Å²) in [7, 11) is 2.59. The summed E-state index contributed by atoms with van der Waals surface area (Å²) in [5, 5.41) is 0. The normalized spacial score (nSPS) is 17.5. The van der Waals surface area contributed by atoms with Crippen molar-refractivity contribution in [1.29, 1.82) is 0 Å². The fourth-order valence-corrected chi connectivity index (χ4v) is 2.31. The average molecular weight is 251 g/mol. The molecule has 0 radical (unpaired) electrons. The fourth-order valence-electron chi connectivity index (χ4n) is 1.96. The summed E-state index contributed by atoms with van der Waals surface area (Å²) in [6.45, 7) is 0.772. The van der Waals surface area contributed by atoms with E-state index in [1.807, 2.05) is 4.57 Å². The van der Waals surface area contributed by atoms with Crippen LogP contribution in [0.4, 0.5) is 5.95 Å². The number of hydrogen-bond acceptors (Lipinski definition) is 5. The first-order chi connectivity index (χ1) is 8.22. The lowest BCUT2D eigenvalue weighted by molar-refractivity contribution is 0.0541. The van der Waals surface area contributed by atoms with Crippen molar-refractivity contribution in [3.05, 3.63) is 12.5 Å². The van der Waals surface area contributed by atoms with Crippen molar-refractivity contribution in [3.63, 3.8) is 0 Å². The predicted octanol–water partition coefficient (Wildman–Crippen LogP) is 0.790. The third kappa shape index (κ3) is 1.98. The number of fused-ring (bicyclic) bond motifs is 1. The summed E-state index contributed by atoms with van der Waals surface area (Å²) in [5.41, 5.74) is 7.10. The van der Waals surface area contributed by atoms with Crippen molar-refractivity contribution in [1.82, 2.24) is 19.5 Å². The Morgan fingerprint density at radius 3 is 3.00 bits per heavy atom. The van der Waals surface area contributed by atoms with Gasteiger partial charge in [0, 0.05) is 0 Å². The lowest BCUT2D eigenvalue weighted by Gasteiger charge is -2.15. The number of hydrogen-bond donors (Lipinski definition) is 1. The van der Waals surface area contributed by atoms with Crippen molar-refractivity contribution in [2.45, 2.75) is 25.0 Å². The predicted molar refractivity (Wildman–Crippen MR) is 67.4 cm³/mol. The molecule has 0 amide bonds. The minimum absolute atomic E-state index is 0.0326. The van der Waals surface area contributed by atoms with Gasteiger partial charge in [0.2, 0.25) is 5.95 Å². The molecule has 1 fully saturated rings. The van der Waals surface area contributed by atoms with Crippen LogP contribution in [0, 0.1) is 0 Å². The molecule has 1 aliphatic rings. The van der Waals surface area contributed by atoms with E-state index in [9.17, 15) is 0 Å². The Morgan fingerprint density at radius 2 is 2.29 bits per heavy atom. The van der Waals surface area contributed by atoms with Crippen molar-refractivity contribution in [3.8, 4) is 0 Å². The van der Waals surface area contributed by atoms with Gasteiger partial charge in [0.25, 0.3) is 0 Å². The average Bonchev–Trinajstić information content (AvgIpc) is 2.95. The van der Waals surface area contributed by atoms with Crippen molar-refractivity contribution in [2.24, 2.45) is 0 Å². The summed E-state index contributed by atoms with van der Waals surface area (Å²) in [4.78, 5) is 12.4. The number of rotatable bonds is 4. The van der Waals surface area contributed by atoms with Gasteiger partial charge in [-0.25, -0.2) is 9.97 Å². The van der Waals surface area contributed by atoms with E-state index in [2.05, 4.69) is 24.2 Å². The molecule has 2 aromatic heterocycles. The van der Waals surface area contributed by atoms with Gasteiger partial charge in [-0.15, -0.1) is 9.24 Å². The van der Waals surface area contributed by atoms with Crippen molar-refractivity contribution >= 4 is 26.4 Å². The first kappa shape index (κ1) is 10.9. The maximum Gasteiger partial charge on any atom is 0.222 e. The van der Waals surface area contributed by atoms with Gasteiger partial charge < -0.3 is 15.0 Å². The van der Waals surface area contributed by atoms with Gasteiger partial charge >= 0.3 is 0 Å². The number of anilines is 1. The van der Waals surface area contributed by atoms with Gasteiger partial charge in [-0.1, -0.05) is 0 Å². The highest BCUT2D eigenvalue weighted by atomic mass is 31.0. The number of aromatic nitrogens is 4. The smallest absolute Gasteiger partial charge is 0.222 e. The van der Waals surface area contributed by atoms with Crippen LogP contribution in [-0.4, -0.2) is 31.5 Å². The molecule has 1 unspecified atom stereocenters. The second kappa shape index (κ2) is 3.89. The summed E-state index contributed by atoms with van der Waals surface area (Å²) in [6.07, 6.45) is 6.24. The van der Waals surface area contributed by atoms with E-state index >= 15 is 0 Å².